The zero-order valence-electron chi connectivity index (χ0n) is 10.6. The van der Waals surface area contributed by atoms with Crippen molar-refractivity contribution in [2.45, 2.75) is 26.3 Å². The Bertz CT molecular complexity index is 517. The van der Waals surface area contributed by atoms with Crippen molar-refractivity contribution in [1.29, 1.82) is 0 Å². The van der Waals surface area contributed by atoms with Crippen LogP contribution in [-0.2, 0) is 13.0 Å². The summed E-state index contributed by atoms with van der Waals surface area (Å²) >= 11 is 6.06. The first kappa shape index (κ1) is 13.1. The molecular formula is C16H18ClN. The van der Waals surface area contributed by atoms with Crippen molar-refractivity contribution in [2.24, 2.45) is 5.73 Å². The first-order chi connectivity index (χ1) is 8.74. The minimum atomic E-state index is 0.531. The fraction of sp³-hybridized carbons (Fsp3) is 0.250. The van der Waals surface area contributed by atoms with Crippen LogP contribution in [0.4, 0.5) is 0 Å². The van der Waals surface area contributed by atoms with Crippen molar-refractivity contribution >= 4 is 11.6 Å². The molecular weight excluding hydrogens is 242 g/mol. The smallest absolute Gasteiger partial charge is 0.0412 e. The van der Waals surface area contributed by atoms with E-state index in [-0.39, 0.29) is 0 Å². The van der Waals surface area contributed by atoms with E-state index in [2.05, 4.69) is 31.2 Å². The van der Waals surface area contributed by atoms with Gasteiger partial charge >= 0.3 is 0 Å². The molecule has 2 aromatic carbocycles. The molecule has 0 aliphatic carbocycles. The number of aryl methyl sites for hydroxylation is 1. The van der Waals surface area contributed by atoms with Gasteiger partial charge in [0.1, 0.15) is 0 Å². The molecule has 2 rings (SSSR count). The van der Waals surface area contributed by atoms with Crippen LogP contribution in [0, 0.1) is 0 Å². The summed E-state index contributed by atoms with van der Waals surface area (Å²) in [5.74, 6) is 0. The van der Waals surface area contributed by atoms with E-state index in [1.165, 1.54) is 17.5 Å². The molecule has 0 radical (unpaired) electrons. The molecule has 0 atom stereocenters. The molecule has 2 N–H and O–H groups in total. The highest BCUT2D eigenvalue weighted by Crippen LogP contribution is 2.27. The maximum absolute atomic E-state index is 6.06. The Morgan fingerprint density at radius 2 is 1.78 bits per heavy atom. The normalized spacial score (nSPS) is 10.6. The maximum Gasteiger partial charge on any atom is 0.0412 e. The highest BCUT2D eigenvalue weighted by Gasteiger charge is 2.05. The van der Waals surface area contributed by atoms with E-state index in [1.807, 2.05) is 18.2 Å². The minimum Gasteiger partial charge on any atom is -0.326 e. The molecule has 0 fully saturated rings. The quantitative estimate of drug-likeness (QED) is 0.864. The molecule has 18 heavy (non-hydrogen) atoms. The Morgan fingerprint density at radius 1 is 1.06 bits per heavy atom. The molecule has 0 aliphatic heterocycles. The SMILES string of the molecule is CCCc1ccc(-c2cc(Cl)ccc2CN)cc1. The second-order valence-electron chi connectivity index (χ2n) is 4.45. The zero-order valence-corrected chi connectivity index (χ0v) is 11.4. The summed E-state index contributed by atoms with van der Waals surface area (Å²) < 4.78 is 0. The Balaban J connectivity index is 2.38. The van der Waals surface area contributed by atoms with Gasteiger partial charge in [-0.25, -0.2) is 0 Å². The van der Waals surface area contributed by atoms with Crippen LogP contribution in [-0.4, -0.2) is 0 Å². The van der Waals surface area contributed by atoms with Gasteiger partial charge in [-0.05, 0) is 40.8 Å². The van der Waals surface area contributed by atoms with E-state index in [0.717, 1.165) is 22.6 Å². The summed E-state index contributed by atoms with van der Waals surface area (Å²) in [4.78, 5) is 0. The largest absolute Gasteiger partial charge is 0.326 e. The predicted octanol–water partition coefficient (Wildman–Crippen LogP) is 4.42. The van der Waals surface area contributed by atoms with Crippen LogP contribution in [0.3, 0.4) is 0 Å². The number of hydrogen-bond donors (Lipinski definition) is 1. The molecule has 0 heterocycles. The first-order valence-electron chi connectivity index (χ1n) is 6.32. The zero-order chi connectivity index (χ0) is 13.0. The van der Waals surface area contributed by atoms with Gasteiger partial charge in [0.25, 0.3) is 0 Å². The summed E-state index contributed by atoms with van der Waals surface area (Å²) in [7, 11) is 0. The first-order valence-corrected chi connectivity index (χ1v) is 6.70. The minimum absolute atomic E-state index is 0.531. The van der Waals surface area contributed by atoms with Gasteiger partial charge in [-0.2, -0.15) is 0 Å². The van der Waals surface area contributed by atoms with Gasteiger partial charge in [0.2, 0.25) is 0 Å². The Labute approximate surface area is 114 Å². The summed E-state index contributed by atoms with van der Waals surface area (Å²) in [6.45, 7) is 2.72. The number of rotatable bonds is 4. The molecule has 0 amide bonds. The number of hydrogen-bond acceptors (Lipinski definition) is 1. The number of halogens is 1. The highest BCUT2D eigenvalue weighted by atomic mass is 35.5. The Morgan fingerprint density at radius 3 is 2.39 bits per heavy atom. The van der Waals surface area contributed by atoms with Gasteiger partial charge in [-0.1, -0.05) is 55.3 Å². The predicted molar refractivity (Wildman–Crippen MR) is 78.8 cm³/mol. The van der Waals surface area contributed by atoms with Gasteiger partial charge in [-0.3, -0.25) is 0 Å². The van der Waals surface area contributed by atoms with Crippen LogP contribution in [0.2, 0.25) is 5.02 Å². The van der Waals surface area contributed by atoms with Crippen molar-refractivity contribution < 1.29 is 0 Å². The van der Waals surface area contributed by atoms with Crippen molar-refractivity contribution in [3.63, 3.8) is 0 Å². The van der Waals surface area contributed by atoms with Crippen LogP contribution in [0.25, 0.3) is 11.1 Å². The molecule has 0 unspecified atom stereocenters. The lowest BCUT2D eigenvalue weighted by Crippen LogP contribution is -1.98. The van der Waals surface area contributed by atoms with E-state index >= 15 is 0 Å². The summed E-state index contributed by atoms with van der Waals surface area (Å²) in [6.07, 6.45) is 2.30. The monoisotopic (exact) mass is 259 g/mol. The second-order valence-corrected chi connectivity index (χ2v) is 4.89. The molecule has 94 valence electrons. The summed E-state index contributed by atoms with van der Waals surface area (Å²) in [5, 5.41) is 0.750. The van der Waals surface area contributed by atoms with E-state index in [9.17, 15) is 0 Å². The van der Waals surface area contributed by atoms with Gasteiger partial charge in [0, 0.05) is 11.6 Å². The molecule has 0 bridgehead atoms. The molecule has 0 aliphatic rings. The summed E-state index contributed by atoms with van der Waals surface area (Å²) in [5.41, 5.74) is 10.6. The maximum atomic E-state index is 6.06. The highest BCUT2D eigenvalue weighted by molar-refractivity contribution is 6.30. The van der Waals surface area contributed by atoms with Crippen LogP contribution in [0.1, 0.15) is 24.5 Å². The molecule has 2 heteroatoms. The van der Waals surface area contributed by atoms with E-state index in [0.29, 0.717) is 6.54 Å². The van der Waals surface area contributed by atoms with Crippen LogP contribution in [0.5, 0.6) is 0 Å². The molecule has 0 saturated carbocycles. The summed E-state index contributed by atoms with van der Waals surface area (Å²) in [6, 6.07) is 14.5. The third kappa shape index (κ3) is 2.92. The topological polar surface area (TPSA) is 26.0 Å². The van der Waals surface area contributed by atoms with Crippen molar-refractivity contribution in [3.05, 3.63) is 58.6 Å². The van der Waals surface area contributed by atoms with Crippen LogP contribution >= 0.6 is 11.6 Å². The van der Waals surface area contributed by atoms with Crippen LogP contribution < -0.4 is 5.73 Å². The van der Waals surface area contributed by atoms with Crippen molar-refractivity contribution in [3.8, 4) is 11.1 Å². The van der Waals surface area contributed by atoms with Gasteiger partial charge < -0.3 is 5.73 Å². The lowest BCUT2D eigenvalue weighted by atomic mass is 9.98. The Kier molecular flexibility index (Phi) is 4.40. The average molecular weight is 260 g/mol. The van der Waals surface area contributed by atoms with Gasteiger partial charge in [0.05, 0.1) is 0 Å². The molecule has 0 saturated heterocycles. The van der Waals surface area contributed by atoms with Crippen molar-refractivity contribution in [2.75, 3.05) is 0 Å². The third-order valence-electron chi connectivity index (χ3n) is 3.10. The number of nitrogens with two attached hydrogens (primary N) is 1. The fourth-order valence-corrected chi connectivity index (χ4v) is 2.31. The van der Waals surface area contributed by atoms with Crippen molar-refractivity contribution in [1.82, 2.24) is 0 Å². The second kappa shape index (κ2) is 6.03. The lowest BCUT2D eigenvalue weighted by Gasteiger charge is -2.09. The lowest BCUT2D eigenvalue weighted by molar-refractivity contribution is 0.922. The van der Waals surface area contributed by atoms with Gasteiger partial charge in [-0.15, -0.1) is 0 Å². The van der Waals surface area contributed by atoms with E-state index in [1.54, 1.807) is 0 Å². The third-order valence-corrected chi connectivity index (χ3v) is 3.33. The number of benzene rings is 2. The van der Waals surface area contributed by atoms with Gasteiger partial charge in [0.15, 0.2) is 0 Å². The molecule has 2 aromatic rings. The van der Waals surface area contributed by atoms with E-state index < -0.39 is 0 Å². The standard InChI is InChI=1S/C16H18ClN/c1-2-3-12-4-6-13(7-5-12)16-10-15(17)9-8-14(16)11-18/h4-10H,2-3,11,18H2,1H3. The van der Waals surface area contributed by atoms with E-state index in [4.69, 9.17) is 17.3 Å². The molecule has 1 nitrogen and oxygen atoms in total. The molecule has 0 aromatic heterocycles. The molecule has 0 spiro atoms. The van der Waals surface area contributed by atoms with Crippen LogP contribution in [0.15, 0.2) is 42.5 Å². The average Bonchev–Trinajstić information content (AvgIpc) is 2.40. The fourth-order valence-electron chi connectivity index (χ4n) is 2.14. The Hall–Kier alpha value is -1.31.